The first kappa shape index (κ1) is 24.1. The van der Waals surface area contributed by atoms with E-state index in [9.17, 15) is 0 Å². The smallest absolute Gasteiger partial charge is 0.191 e. The van der Waals surface area contributed by atoms with Gasteiger partial charge in [0.25, 0.3) is 0 Å². The fraction of sp³-hybridized carbons (Fsp3) is 0.933. The average molecular weight is 430 g/mol. The summed E-state index contributed by atoms with van der Waals surface area (Å²) in [5.41, 5.74) is 0. The lowest BCUT2D eigenvalue weighted by molar-refractivity contribution is 0.146. The molecule has 7 heteroatoms. The van der Waals surface area contributed by atoms with Gasteiger partial charge < -0.3 is 25.0 Å². The Morgan fingerprint density at radius 1 is 1.09 bits per heavy atom. The molecule has 0 unspecified atom stereocenters. The second kappa shape index (κ2) is 18.9. The van der Waals surface area contributed by atoms with Crippen molar-refractivity contribution in [3.05, 3.63) is 0 Å². The maximum atomic E-state index is 5.31. The Kier molecular flexibility index (Phi) is 20.8. The van der Waals surface area contributed by atoms with Gasteiger partial charge in [-0.3, -0.25) is 4.99 Å². The summed E-state index contributed by atoms with van der Waals surface area (Å²) in [7, 11) is 3.87. The zero-order chi connectivity index (χ0) is 15.8. The highest BCUT2D eigenvalue weighted by atomic mass is 127. The monoisotopic (exact) mass is 430 g/mol. The molecule has 0 aromatic rings. The molecule has 0 fully saturated rings. The number of aliphatic imine (C=N–C) groups is 1. The van der Waals surface area contributed by atoms with Crippen molar-refractivity contribution in [1.29, 1.82) is 0 Å². The van der Waals surface area contributed by atoms with Crippen LogP contribution in [0.3, 0.4) is 0 Å². The van der Waals surface area contributed by atoms with E-state index in [4.69, 9.17) is 9.47 Å². The molecule has 0 saturated carbocycles. The highest BCUT2D eigenvalue weighted by molar-refractivity contribution is 14.0. The standard InChI is InChI=1S/C15H34N4O2.HI/c1-5-16-15(17-9-7-14-21-6-2)18-10-12-19(3)11-8-13-20-4;/h5-14H2,1-4H3,(H2,16,17,18);1H. The molecule has 0 heterocycles. The molecule has 134 valence electrons. The van der Waals surface area contributed by atoms with Crippen molar-refractivity contribution < 1.29 is 9.47 Å². The van der Waals surface area contributed by atoms with Gasteiger partial charge in [-0.1, -0.05) is 0 Å². The first-order valence-electron chi connectivity index (χ1n) is 8.02. The predicted octanol–water partition coefficient (Wildman–Crippen LogP) is 1.55. The normalized spacial score (nSPS) is 11.4. The van der Waals surface area contributed by atoms with Gasteiger partial charge in [-0.15, -0.1) is 24.0 Å². The van der Waals surface area contributed by atoms with Crippen molar-refractivity contribution in [3.8, 4) is 0 Å². The minimum absolute atomic E-state index is 0. The van der Waals surface area contributed by atoms with Crippen molar-refractivity contribution in [2.75, 3.05) is 66.7 Å². The lowest BCUT2D eigenvalue weighted by Crippen LogP contribution is -2.41. The second-order valence-corrected chi connectivity index (χ2v) is 4.89. The lowest BCUT2D eigenvalue weighted by atomic mass is 10.4. The summed E-state index contributed by atoms with van der Waals surface area (Å²) in [6, 6.07) is 0. The molecule has 0 aliphatic carbocycles. The van der Waals surface area contributed by atoms with Gasteiger partial charge in [0.2, 0.25) is 0 Å². The van der Waals surface area contributed by atoms with E-state index >= 15 is 0 Å². The zero-order valence-corrected chi connectivity index (χ0v) is 17.0. The summed E-state index contributed by atoms with van der Waals surface area (Å²) in [6.07, 6.45) is 2.03. The lowest BCUT2D eigenvalue weighted by Gasteiger charge is -2.18. The van der Waals surface area contributed by atoms with Crippen LogP contribution < -0.4 is 10.6 Å². The van der Waals surface area contributed by atoms with Crippen LogP contribution >= 0.6 is 24.0 Å². The van der Waals surface area contributed by atoms with Gasteiger partial charge in [0, 0.05) is 59.7 Å². The van der Waals surface area contributed by atoms with Crippen molar-refractivity contribution in [2.24, 2.45) is 4.99 Å². The molecule has 2 N–H and O–H groups in total. The van der Waals surface area contributed by atoms with Gasteiger partial charge in [-0.25, -0.2) is 0 Å². The molecule has 22 heavy (non-hydrogen) atoms. The molecule has 0 saturated heterocycles. The van der Waals surface area contributed by atoms with Gasteiger partial charge in [-0.2, -0.15) is 0 Å². The van der Waals surface area contributed by atoms with E-state index in [0.717, 1.165) is 71.3 Å². The Morgan fingerprint density at radius 2 is 1.86 bits per heavy atom. The van der Waals surface area contributed by atoms with E-state index in [1.54, 1.807) is 7.11 Å². The molecule has 0 radical (unpaired) electrons. The van der Waals surface area contributed by atoms with Crippen LogP contribution in [0.1, 0.15) is 26.7 Å². The molecule has 0 aliphatic heterocycles. The molecule has 0 atom stereocenters. The Balaban J connectivity index is 0. The van der Waals surface area contributed by atoms with Crippen molar-refractivity contribution in [1.82, 2.24) is 15.5 Å². The van der Waals surface area contributed by atoms with Crippen molar-refractivity contribution in [3.63, 3.8) is 0 Å². The zero-order valence-electron chi connectivity index (χ0n) is 14.7. The Bertz CT molecular complexity index is 256. The summed E-state index contributed by atoms with van der Waals surface area (Å²) in [6.45, 7) is 11.1. The predicted molar refractivity (Wildman–Crippen MR) is 104 cm³/mol. The van der Waals surface area contributed by atoms with E-state index in [1.807, 2.05) is 6.92 Å². The molecule has 0 aromatic carbocycles. The van der Waals surface area contributed by atoms with E-state index < -0.39 is 0 Å². The van der Waals surface area contributed by atoms with Gasteiger partial charge in [0.05, 0.1) is 0 Å². The van der Waals surface area contributed by atoms with E-state index in [1.165, 1.54) is 0 Å². The van der Waals surface area contributed by atoms with Crippen LogP contribution in [0.5, 0.6) is 0 Å². The van der Waals surface area contributed by atoms with Gasteiger partial charge in [0.15, 0.2) is 5.96 Å². The van der Waals surface area contributed by atoms with Crippen LogP contribution in [-0.2, 0) is 9.47 Å². The largest absolute Gasteiger partial charge is 0.385 e. The molecule has 0 bridgehead atoms. The summed E-state index contributed by atoms with van der Waals surface area (Å²) in [4.78, 5) is 6.83. The third-order valence-corrected chi connectivity index (χ3v) is 2.94. The van der Waals surface area contributed by atoms with Crippen LogP contribution in [0.25, 0.3) is 0 Å². The minimum atomic E-state index is 0. The Hall–Kier alpha value is -0.120. The van der Waals surface area contributed by atoms with E-state index in [2.05, 4.69) is 34.5 Å². The number of halogens is 1. The fourth-order valence-corrected chi connectivity index (χ4v) is 1.80. The number of guanidine groups is 1. The van der Waals surface area contributed by atoms with E-state index in [0.29, 0.717) is 0 Å². The number of likely N-dealkylation sites (N-methyl/N-ethyl adjacent to an activating group) is 1. The van der Waals surface area contributed by atoms with Gasteiger partial charge >= 0.3 is 0 Å². The highest BCUT2D eigenvalue weighted by Crippen LogP contribution is 1.88. The maximum absolute atomic E-state index is 5.31. The number of nitrogens with zero attached hydrogens (tertiary/aromatic N) is 2. The van der Waals surface area contributed by atoms with Crippen LogP contribution in [-0.4, -0.2) is 77.6 Å². The van der Waals surface area contributed by atoms with Crippen LogP contribution in [0.15, 0.2) is 4.99 Å². The maximum Gasteiger partial charge on any atom is 0.191 e. The molecule has 6 nitrogen and oxygen atoms in total. The quantitative estimate of drug-likeness (QED) is 0.201. The number of rotatable bonds is 13. The first-order valence-corrected chi connectivity index (χ1v) is 8.02. The summed E-state index contributed by atoms with van der Waals surface area (Å²) >= 11 is 0. The number of ether oxygens (including phenoxy) is 2. The third kappa shape index (κ3) is 16.3. The molecular weight excluding hydrogens is 395 g/mol. The fourth-order valence-electron chi connectivity index (χ4n) is 1.80. The summed E-state index contributed by atoms with van der Waals surface area (Å²) < 4.78 is 10.4. The number of methoxy groups -OCH3 is 1. The SMILES string of the molecule is CCNC(=NCCCOCC)NCCN(C)CCCOC.I. The molecular formula is C15H35IN4O2. The summed E-state index contributed by atoms with van der Waals surface area (Å²) in [5, 5.41) is 6.62. The van der Waals surface area contributed by atoms with Gasteiger partial charge in [0.1, 0.15) is 0 Å². The topological polar surface area (TPSA) is 58.1 Å². The summed E-state index contributed by atoms with van der Waals surface area (Å²) in [5.74, 6) is 0.888. The molecule has 0 aromatic heterocycles. The van der Waals surface area contributed by atoms with Gasteiger partial charge in [-0.05, 0) is 33.7 Å². The first-order chi connectivity index (χ1) is 10.2. The van der Waals surface area contributed by atoms with E-state index in [-0.39, 0.29) is 24.0 Å². The van der Waals surface area contributed by atoms with Crippen LogP contribution in [0.4, 0.5) is 0 Å². The van der Waals surface area contributed by atoms with Crippen LogP contribution in [0, 0.1) is 0 Å². The average Bonchev–Trinajstić information content (AvgIpc) is 2.47. The molecule has 0 amide bonds. The second-order valence-electron chi connectivity index (χ2n) is 4.89. The number of hydrogen-bond donors (Lipinski definition) is 2. The highest BCUT2D eigenvalue weighted by Gasteiger charge is 2.00. The molecule has 0 rings (SSSR count). The minimum Gasteiger partial charge on any atom is -0.385 e. The van der Waals surface area contributed by atoms with Crippen molar-refractivity contribution in [2.45, 2.75) is 26.7 Å². The molecule has 0 aliphatic rings. The third-order valence-electron chi connectivity index (χ3n) is 2.94. The Labute approximate surface area is 153 Å². The molecule has 0 spiro atoms. The number of hydrogen-bond acceptors (Lipinski definition) is 4. The Morgan fingerprint density at radius 3 is 2.50 bits per heavy atom. The van der Waals surface area contributed by atoms with Crippen molar-refractivity contribution >= 4 is 29.9 Å². The van der Waals surface area contributed by atoms with Crippen LogP contribution in [0.2, 0.25) is 0 Å². The number of nitrogens with one attached hydrogen (secondary N) is 2.